The molecule has 0 aliphatic rings. The highest BCUT2D eigenvalue weighted by Crippen LogP contribution is 2.29. The fraction of sp³-hybridized carbons (Fsp3) is 0.250. The van der Waals surface area contributed by atoms with Crippen LogP contribution in [0.4, 0.5) is 13.2 Å². The van der Waals surface area contributed by atoms with E-state index in [1.54, 1.807) is 0 Å². The number of nitrogens with two attached hydrogens (primary N) is 1. The number of aliphatic carboxylic acids is 1. The van der Waals surface area contributed by atoms with E-state index in [0.717, 1.165) is 18.2 Å². The molecule has 0 fully saturated rings. The second-order valence-electron chi connectivity index (χ2n) is 3.75. The molecule has 0 radical (unpaired) electrons. The summed E-state index contributed by atoms with van der Waals surface area (Å²) in [6, 6.07) is 4.70. The summed E-state index contributed by atoms with van der Waals surface area (Å²) in [5.74, 6) is -1.14. The Morgan fingerprint density at radius 3 is 2.28 bits per heavy atom. The fourth-order valence-electron chi connectivity index (χ4n) is 1.38. The highest BCUT2D eigenvalue weighted by Gasteiger charge is 2.29. The molecule has 98 valence electrons. The monoisotopic (exact) mass is 259 g/mol. The minimum Gasteiger partial charge on any atom is -0.478 e. The lowest BCUT2D eigenvalue weighted by Gasteiger charge is -2.07. The Balaban J connectivity index is 2.63. The van der Waals surface area contributed by atoms with E-state index in [9.17, 15) is 18.0 Å². The Hall–Kier alpha value is -1.98. The number of carbonyl (C=O) groups is 1. The largest absolute Gasteiger partial charge is 0.478 e. The van der Waals surface area contributed by atoms with E-state index in [2.05, 4.69) is 0 Å². The summed E-state index contributed by atoms with van der Waals surface area (Å²) < 4.78 is 36.8. The molecule has 0 spiro atoms. The van der Waals surface area contributed by atoms with Crippen molar-refractivity contribution >= 4 is 5.97 Å². The molecule has 0 bridgehead atoms. The summed E-state index contributed by atoms with van der Waals surface area (Å²) in [5.41, 5.74) is 5.57. The number of benzene rings is 1. The van der Waals surface area contributed by atoms with Gasteiger partial charge in [0.15, 0.2) is 0 Å². The van der Waals surface area contributed by atoms with Gasteiger partial charge in [-0.15, -0.1) is 0 Å². The standard InChI is InChI=1S/C12H12F3NO2/c13-12(14,15)9-4-1-8(2-5-9)3-6-10(16)7-11(17)18/h1-2,4-5,7H,3,6,16H2,(H,17,18). The van der Waals surface area contributed by atoms with Gasteiger partial charge in [0.1, 0.15) is 0 Å². The fourth-order valence-corrected chi connectivity index (χ4v) is 1.38. The number of allylic oxidation sites excluding steroid dienone is 1. The smallest absolute Gasteiger partial charge is 0.416 e. The molecule has 0 saturated heterocycles. The Morgan fingerprint density at radius 2 is 1.83 bits per heavy atom. The Labute approximate surface area is 102 Å². The number of alkyl halides is 3. The molecule has 0 aromatic heterocycles. The van der Waals surface area contributed by atoms with Crippen molar-refractivity contribution in [2.45, 2.75) is 19.0 Å². The molecule has 0 aliphatic carbocycles. The molecule has 0 atom stereocenters. The van der Waals surface area contributed by atoms with Gasteiger partial charge >= 0.3 is 12.1 Å². The van der Waals surface area contributed by atoms with Crippen molar-refractivity contribution in [3.63, 3.8) is 0 Å². The molecular weight excluding hydrogens is 247 g/mol. The zero-order valence-corrected chi connectivity index (χ0v) is 9.37. The zero-order valence-electron chi connectivity index (χ0n) is 9.37. The summed E-state index contributed by atoms with van der Waals surface area (Å²) in [7, 11) is 0. The number of rotatable bonds is 4. The number of halogens is 3. The van der Waals surface area contributed by atoms with E-state index in [1.165, 1.54) is 12.1 Å². The molecule has 0 saturated carbocycles. The first-order chi connectivity index (χ1) is 8.29. The molecule has 1 aromatic carbocycles. The van der Waals surface area contributed by atoms with Gasteiger partial charge in [-0.3, -0.25) is 0 Å². The van der Waals surface area contributed by atoms with Gasteiger partial charge in [0, 0.05) is 11.8 Å². The van der Waals surface area contributed by atoms with Crippen molar-refractivity contribution in [3.8, 4) is 0 Å². The van der Waals surface area contributed by atoms with Crippen molar-refractivity contribution in [2.75, 3.05) is 0 Å². The third kappa shape index (κ3) is 4.48. The van der Waals surface area contributed by atoms with E-state index >= 15 is 0 Å². The third-order valence-corrected chi connectivity index (χ3v) is 2.29. The van der Waals surface area contributed by atoms with Gasteiger partial charge in [-0.05, 0) is 30.5 Å². The zero-order chi connectivity index (χ0) is 13.8. The topological polar surface area (TPSA) is 63.3 Å². The number of hydrogen-bond acceptors (Lipinski definition) is 2. The Kier molecular flexibility index (Phi) is 4.36. The van der Waals surface area contributed by atoms with Crippen LogP contribution in [0, 0.1) is 0 Å². The van der Waals surface area contributed by atoms with Gasteiger partial charge in [-0.25, -0.2) is 4.79 Å². The number of aryl methyl sites for hydroxylation is 1. The summed E-state index contributed by atoms with van der Waals surface area (Å²) >= 11 is 0. The summed E-state index contributed by atoms with van der Waals surface area (Å²) in [5, 5.41) is 8.43. The van der Waals surface area contributed by atoms with Gasteiger partial charge in [0.05, 0.1) is 5.56 Å². The molecule has 3 N–H and O–H groups in total. The van der Waals surface area contributed by atoms with Crippen molar-refractivity contribution < 1.29 is 23.1 Å². The first-order valence-corrected chi connectivity index (χ1v) is 5.14. The van der Waals surface area contributed by atoms with Crippen LogP contribution in [0.3, 0.4) is 0 Å². The van der Waals surface area contributed by atoms with Crippen molar-refractivity contribution in [1.29, 1.82) is 0 Å². The van der Waals surface area contributed by atoms with Crippen LogP contribution in [0.25, 0.3) is 0 Å². The first-order valence-electron chi connectivity index (χ1n) is 5.14. The van der Waals surface area contributed by atoms with Crippen LogP contribution in [-0.2, 0) is 17.4 Å². The summed E-state index contributed by atoms with van der Waals surface area (Å²) in [4.78, 5) is 10.3. The van der Waals surface area contributed by atoms with E-state index < -0.39 is 17.7 Å². The average molecular weight is 259 g/mol. The van der Waals surface area contributed by atoms with E-state index in [-0.39, 0.29) is 12.1 Å². The van der Waals surface area contributed by atoms with E-state index in [4.69, 9.17) is 10.8 Å². The second kappa shape index (κ2) is 5.57. The molecule has 1 aromatic rings. The Bertz CT molecular complexity index is 449. The van der Waals surface area contributed by atoms with Crippen molar-refractivity contribution in [2.24, 2.45) is 5.73 Å². The molecular formula is C12H12F3NO2. The highest BCUT2D eigenvalue weighted by molar-refractivity contribution is 5.80. The quantitative estimate of drug-likeness (QED) is 0.817. The SMILES string of the molecule is NC(=CC(=O)O)CCc1ccc(C(F)(F)F)cc1. The van der Waals surface area contributed by atoms with Gasteiger partial charge < -0.3 is 10.8 Å². The van der Waals surface area contributed by atoms with Crippen LogP contribution in [0.15, 0.2) is 36.0 Å². The predicted molar refractivity (Wildman–Crippen MR) is 59.7 cm³/mol. The normalized spacial score (nSPS) is 12.5. The average Bonchev–Trinajstić information content (AvgIpc) is 2.25. The third-order valence-electron chi connectivity index (χ3n) is 2.29. The molecule has 0 amide bonds. The van der Waals surface area contributed by atoms with Gasteiger partial charge in [0.25, 0.3) is 0 Å². The van der Waals surface area contributed by atoms with Crippen molar-refractivity contribution in [1.82, 2.24) is 0 Å². The maximum atomic E-state index is 12.3. The number of carboxylic acid groups (broad SMARTS) is 1. The van der Waals surface area contributed by atoms with E-state index in [0.29, 0.717) is 12.0 Å². The lowest BCUT2D eigenvalue weighted by atomic mass is 10.1. The summed E-state index contributed by atoms with van der Waals surface area (Å²) in [6.45, 7) is 0. The molecule has 0 heterocycles. The maximum absolute atomic E-state index is 12.3. The second-order valence-corrected chi connectivity index (χ2v) is 3.75. The van der Waals surface area contributed by atoms with Crippen LogP contribution < -0.4 is 5.73 Å². The minimum absolute atomic E-state index is 0.183. The van der Waals surface area contributed by atoms with Crippen LogP contribution in [0.2, 0.25) is 0 Å². The van der Waals surface area contributed by atoms with Gasteiger partial charge in [-0.1, -0.05) is 12.1 Å². The minimum atomic E-state index is -4.35. The van der Waals surface area contributed by atoms with E-state index in [1.807, 2.05) is 0 Å². The van der Waals surface area contributed by atoms with Gasteiger partial charge in [-0.2, -0.15) is 13.2 Å². The molecule has 1 rings (SSSR count). The lowest BCUT2D eigenvalue weighted by molar-refractivity contribution is -0.137. The van der Waals surface area contributed by atoms with Crippen molar-refractivity contribution in [3.05, 3.63) is 47.2 Å². The molecule has 18 heavy (non-hydrogen) atoms. The number of carboxylic acids is 1. The van der Waals surface area contributed by atoms with Crippen LogP contribution in [0.1, 0.15) is 17.5 Å². The molecule has 6 heteroatoms. The first kappa shape index (κ1) is 14.1. The summed E-state index contributed by atoms with van der Waals surface area (Å²) in [6.07, 6.45) is -2.78. The van der Waals surface area contributed by atoms with Gasteiger partial charge in [0.2, 0.25) is 0 Å². The number of hydrogen-bond donors (Lipinski definition) is 2. The predicted octanol–water partition coefficient (Wildman–Crippen LogP) is 2.57. The molecule has 3 nitrogen and oxygen atoms in total. The van der Waals surface area contributed by atoms with Crippen LogP contribution >= 0.6 is 0 Å². The lowest BCUT2D eigenvalue weighted by Crippen LogP contribution is -2.05. The highest BCUT2D eigenvalue weighted by atomic mass is 19.4. The molecule has 0 aliphatic heterocycles. The van der Waals surface area contributed by atoms with Crippen LogP contribution in [-0.4, -0.2) is 11.1 Å². The maximum Gasteiger partial charge on any atom is 0.416 e. The molecule has 0 unspecified atom stereocenters. The Morgan fingerprint density at radius 1 is 1.28 bits per heavy atom. The van der Waals surface area contributed by atoms with Crippen LogP contribution in [0.5, 0.6) is 0 Å².